The Kier molecular flexibility index (Phi) is 10.0. The van der Waals surface area contributed by atoms with Gasteiger partial charge in [-0.1, -0.05) is 0 Å². The van der Waals surface area contributed by atoms with Crippen LogP contribution in [0.4, 0.5) is 4.79 Å². The number of hydrogen-bond donors (Lipinski definition) is 4. The SMILES string of the molecule is C=O.NC(N)=O.O=C(O)[C@@H]1CCCN1. The van der Waals surface area contributed by atoms with Gasteiger partial charge in [-0.05, 0) is 19.4 Å². The summed E-state index contributed by atoms with van der Waals surface area (Å²) < 4.78 is 0. The minimum atomic E-state index is -0.833. The minimum absolute atomic E-state index is 0.269. The molecule has 0 radical (unpaired) electrons. The van der Waals surface area contributed by atoms with E-state index in [1.165, 1.54) is 0 Å². The molecule has 1 aliphatic heterocycles. The van der Waals surface area contributed by atoms with Gasteiger partial charge in [-0.15, -0.1) is 0 Å². The summed E-state index contributed by atoms with van der Waals surface area (Å²) in [6.45, 7) is 2.86. The Bertz CT molecular complexity index is 176. The molecule has 0 aromatic rings. The van der Waals surface area contributed by atoms with Gasteiger partial charge in [0.25, 0.3) is 0 Å². The van der Waals surface area contributed by atoms with E-state index in [4.69, 9.17) is 14.7 Å². The number of amides is 2. The van der Waals surface area contributed by atoms with Gasteiger partial charge in [0.05, 0.1) is 0 Å². The molecule has 6 N–H and O–H groups in total. The molecule has 1 heterocycles. The summed E-state index contributed by atoms with van der Waals surface area (Å²) in [5, 5.41) is 11.2. The zero-order valence-electron chi connectivity index (χ0n) is 7.73. The number of nitrogens with two attached hydrogens (primary N) is 2. The Balaban J connectivity index is 0. The quantitative estimate of drug-likeness (QED) is 0.420. The number of rotatable bonds is 1. The maximum absolute atomic E-state index is 10.1. The molecule has 1 aliphatic rings. The van der Waals surface area contributed by atoms with Gasteiger partial charge >= 0.3 is 12.0 Å². The van der Waals surface area contributed by atoms with Crippen molar-refractivity contribution in [2.45, 2.75) is 18.9 Å². The molecule has 82 valence electrons. The van der Waals surface area contributed by atoms with E-state index in [1.54, 1.807) is 0 Å². The lowest BCUT2D eigenvalue weighted by molar-refractivity contribution is -0.139. The first-order chi connectivity index (χ1) is 6.54. The van der Waals surface area contributed by atoms with E-state index in [1.807, 2.05) is 6.79 Å². The maximum atomic E-state index is 10.1. The maximum Gasteiger partial charge on any atom is 0.320 e. The fourth-order valence-electron chi connectivity index (χ4n) is 0.895. The molecular weight excluding hydrogens is 190 g/mol. The lowest BCUT2D eigenvalue weighted by Crippen LogP contribution is -2.29. The molecule has 0 saturated carbocycles. The van der Waals surface area contributed by atoms with E-state index >= 15 is 0 Å². The highest BCUT2D eigenvalue weighted by molar-refractivity contribution is 5.73. The summed E-state index contributed by atoms with van der Waals surface area (Å²) in [5.74, 6) is -0.720. The molecule has 1 fully saturated rings. The smallest absolute Gasteiger partial charge is 0.320 e. The molecule has 2 amide bonds. The van der Waals surface area contributed by atoms with Crippen LogP contribution in [0.15, 0.2) is 0 Å². The minimum Gasteiger partial charge on any atom is -0.480 e. The van der Waals surface area contributed by atoms with Gasteiger partial charge in [-0.3, -0.25) is 4.79 Å². The van der Waals surface area contributed by atoms with Crippen molar-refractivity contribution >= 4 is 18.8 Å². The van der Waals surface area contributed by atoms with Gasteiger partial charge in [0.1, 0.15) is 12.8 Å². The molecule has 1 saturated heterocycles. The van der Waals surface area contributed by atoms with E-state index in [-0.39, 0.29) is 6.04 Å². The van der Waals surface area contributed by atoms with Crippen molar-refractivity contribution in [1.29, 1.82) is 0 Å². The molecule has 0 aliphatic carbocycles. The summed E-state index contributed by atoms with van der Waals surface area (Å²) in [6.07, 6.45) is 1.78. The average molecular weight is 205 g/mol. The number of carbonyl (C=O) groups excluding carboxylic acids is 2. The van der Waals surface area contributed by atoms with Gasteiger partial charge in [0.2, 0.25) is 0 Å². The summed E-state index contributed by atoms with van der Waals surface area (Å²) in [4.78, 5) is 27.1. The number of aliphatic carboxylic acids is 1. The Morgan fingerprint density at radius 2 is 1.79 bits per heavy atom. The van der Waals surface area contributed by atoms with Crippen LogP contribution in [0.2, 0.25) is 0 Å². The van der Waals surface area contributed by atoms with Crippen LogP contribution < -0.4 is 16.8 Å². The summed E-state index contributed by atoms with van der Waals surface area (Å²) in [5.41, 5.74) is 8.50. The topological polar surface area (TPSA) is 136 Å². The van der Waals surface area contributed by atoms with Crippen molar-refractivity contribution < 1.29 is 19.5 Å². The second kappa shape index (κ2) is 9.46. The van der Waals surface area contributed by atoms with E-state index < -0.39 is 12.0 Å². The normalized spacial score (nSPS) is 18.1. The fraction of sp³-hybridized carbons (Fsp3) is 0.571. The molecular formula is C7H15N3O4. The predicted octanol–water partition coefficient (Wildman–Crippen LogP) is -1.34. The van der Waals surface area contributed by atoms with Crippen LogP contribution in [0.1, 0.15) is 12.8 Å². The Morgan fingerprint density at radius 3 is 1.93 bits per heavy atom. The van der Waals surface area contributed by atoms with Crippen LogP contribution in [-0.4, -0.2) is 36.5 Å². The fourth-order valence-corrected chi connectivity index (χ4v) is 0.895. The monoisotopic (exact) mass is 205 g/mol. The molecule has 1 rings (SSSR count). The summed E-state index contributed by atoms with van der Waals surface area (Å²) in [7, 11) is 0. The molecule has 1 atom stereocenters. The zero-order valence-corrected chi connectivity index (χ0v) is 7.73. The number of carbonyl (C=O) groups is 3. The van der Waals surface area contributed by atoms with Crippen molar-refractivity contribution in [3.63, 3.8) is 0 Å². The number of carboxylic acids is 1. The van der Waals surface area contributed by atoms with Crippen LogP contribution in [-0.2, 0) is 9.59 Å². The van der Waals surface area contributed by atoms with E-state index in [0.29, 0.717) is 0 Å². The van der Waals surface area contributed by atoms with Crippen LogP contribution in [0, 0.1) is 0 Å². The molecule has 0 bridgehead atoms. The van der Waals surface area contributed by atoms with Crippen molar-refractivity contribution in [3.8, 4) is 0 Å². The third-order valence-corrected chi connectivity index (χ3v) is 1.36. The number of urea groups is 1. The largest absolute Gasteiger partial charge is 0.480 e. The highest BCUT2D eigenvalue weighted by atomic mass is 16.4. The van der Waals surface area contributed by atoms with Gasteiger partial charge in [0, 0.05) is 0 Å². The lowest BCUT2D eigenvalue weighted by Gasteiger charge is -1.99. The Hall–Kier alpha value is -1.63. The number of carboxylic acid groups (broad SMARTS) is 1. The van der Waals surface area contributed by atoms with Crippen molar-refractivity contribution in [2.24, 2.45) is 11.5 Å². The average Bonchev–Trinajstić information content (AvgIpc) is 2.58. The molecule has 14 heavy (non-hydrogen) atoms. The second-order valence-corrected chi connectivity index (χ2v) is 2.39. The van der Waals surface area contributed by atoms with E-state index in [2.05, 4.69) is 16.8 Å². The third-order valence-electron chi connectivity index (χ3n) is 1.36. The molecule has 0 aromatic heterocycles. The second-order valence-electron chi connectivity index (χ2n) is 2.39. The summed E-state index contributed by atoms with van der Waals surface area (Å²) >= 11 is 0. The van der Waals surface area contributed by atoms with Crippen LogP contribution in [0.5, 0.6) is 0 Å². The molecule has 7 heteroatoms. The first-order valence-electron chi connectivity index (χ1n) is 3.84. The van der Waals surface area contributed by atoms with Gasteiger partial charge in [-0.2, -0.15) is 0 Å². The standard InChI is InChI=1S/C5H9NO2.CH4N2O.CH2O/c7-5(8)4-2-1-3-6-4;2-1(3)4;1-2/h4,6H,1-3H2,(H,7,8);(H4,2,3,4);1H2/t4-;;/m0../s1. The molecule has 7 nitrogen and oxygen atoms in total. The number of hydrogen-bond acceptors (Lipinski definition) is 4. The molecule has 0 aromatic carbocycles. The van der Waals surface area contributed by atoms with E-state index in [9.17, 15) is 4.79 Å². The van der Waals surface area contributed by atoms with Gasteiger partial charge < -0.3 is 26.7 Å². The first-order valence-corrected chi connectivity index (χ1v) is 3.84. The van der Waals surface area contributed by atoms with Crippen LogP contribution in [0.25, 0.3) is 0 Å². The predicted molar refractivity (Wildman–Crippen MR) is 49.6 cm³/mol. The summed E-state index contributed by atoms with van der Waals surface area (Å²) in [6, 6.07) is -1.10. The molecule has 0 spiro atoms. The van der Waals surface area contributed by atoms with Crippen molar-refractivity contribution in [2.75, 3.05) is 6.54 Å². The molecule has 0 unspecified atom stereocenters. The van der Waals surface area contributed by atoms with Crippen LogP contribution >= 0.6 is 0 Å². The Morgan fingerprint density at radius 1 is 1.36 bits per heavy atom. The van der Waals surface area contributed by atoms with Crippen LogP contribution in [0.3, 0.4) is 0 Å². The van der Waals surface area contributed by atoms with Gasteiger partial charge in [-0.25, -0.2) is 4.79 Å². The highest BCUT2D eigenvalue weighted by Gasteiger charge is 2.20. The number of nitrogens with one attached hydrogen (secondary N) is 1. The van der Waals surface area contributed by atoms with Gasteiger partial charge in [0.15, 0.2) is 0 Å². The zero-order chi connectivity index (χ0) is 11.6. The van der Waals surface area contributed by atoms with Crippen molar-refractivity contribution in [3.05, 3.63) is 0 Å². The first kappa shape index (κ1) is 14.9. The third kappa shape index (κ3) is 10.4. The highest BCUT2D eigenvalue weighted by Crippen LogP contribution is 2.03. The lowest BCUT2D eigenvalue weighted by atomic mass is 10.2. The van der Waals surface area contributed by atoms with Crippen molar-refractivity contribution in [1.82, 2.24) is 5.32 Å². The Labute approximate surface area is 81.4 Å². The number of primary amides is 2. The van der Waals surface area contributed by atoms with E-state index in [0.717, 1.165) is 19.4 Å².